The van der Waals surface area contributed by atoms with E-state index in [2.05, 4.69) is 23.5 Å². The average molecular weight is 184 g/mol. The van der Waals surface area contributed by atoms with Crippen molar-refractivity contribution in [3.63, 3.8) is 0 Å². The van der Waals surface area contributed by atoms with Gasteiger partial charge in [-0.1, -0.05) is 36.4 Å². The molecule has 0 spiro atoms. The highest BCUT2D eigenvalue weighted by Crippen LogP contribution is 2.22. The Hall–Kier alpha value is -1.96. The van der Waals surface area contributed by atoms with Gasteiger partial charge in [-0.2, -0.15) is 0 Å². The Morgan fingerprint density at radius 2 is 1.79 bits per heavy atom. The van der Waals surface area contributed by atoms with Gasteiger partial charge in [-0.3, -0.25) is 0 Å². The molecule has 0 saturated carbocycles. The van der Waals surface area contributed by atoms with Crippen molar-refractivity contribution in [2.24, 2.45) is 5.73 Å². The molecule has 2 rings (SSSR count). The number of fused-ring (bicyclic) bond motifs is 1. The molecule has 0 saturated heterocycles. The van der Waals surface area contributed by atoms with E-state index in [0.29, 0.717) is 0 Å². The van der Waals surface area contributed by atoms with Crippen LogP contribution in [0, 0.1) is 0 Å². The van der Waals surface area contributed by atoms with E-state index in [9.17, 15) is 0 Å². The number of hydrogen-bond donors (Lipinski definition) is 2. The maximum Gasteiger partial charge on any atom is 0.0459 e. The van der Waals surface area contributed by atoms with Crippen LogP contribution in [0.4, 0.5) is 5.69 Å². The number of hydrogen-bond acceptors (Lipinski definition) is 2. The molecule has 2 aromatic rings. The Balaban J connectivity index is 2.53. The molecular formula is C12H12N2. The van der Waals surface area contributed by atoms with Crippen LogP contribution in [0.3, 0.4) is 0 Å². The first-order chi connectivity index (χ1) is 6.92. The first-order valence-corrected chi connectivity index (χ1v) is 4.53. The molecule has 0 heterocycles. The predicted octanol–water partition coefficient (Wildman–Crippen LogP) is 2.68. The number of rotatable bonds is 2. The van der Waals surface area contributed by atoms with Crippen LogP contribution in [-0.4, -0.2) is 0 Å². The fourth-order valence-corrected chi connectivity index (χ4v) is 1.49. The topological polar surface area (TPSA) is 38.0 Å². The van der Waals surface area contributed by atoms with Gasteiger partial charge in [-0.05, 0) is 11.5 Å². The molecule has 0 bridgehead atoms. The first kappa shape index (κ1) is 8.63. The van der Waals surface area contributed by atoms with Gasteiger partial charge < -0.3 is 11.1 Å². The molecule has 0 aromatic heterocycles. The van der Waals surface area contributed by atoms with E-state index in [0.717, 1.165) is 5.69 Å². The summed E-state index contributed by atoms with van der Waals surface area (Å²) in [5.74, 6) is 0. The minimum Gasteiger partial charge on any atom is -0.403 e. The molecular weight excluding hydrogens is 172 g/mol. The van der Waals surface area contributed by atoms with Crippen molar-refractivity contribution < 1.29 is 0 Å². The molecule has 0 aliphatic heterocycles. The summed E-state index contributed by atoms with van der Waals surface area (Å²) in [5, 5.41) is 5.56. The third-order valence-electron chi connectivity index (χ3n) is 2.12. The molecule has 0 aliphatic carbocycles. The number of benzene rings is 2. The molecule has 3 N–H and O–H groups in total. The van der Waals surface area contributed by atoms with Crippen LogP contribution in [0.15, 0.2) is 54.9 Å². The van der Waals surface area contributed by atoms with Crippen LogP contribution in [0.1, 0.15) is 0 Å². The Morgan fingerprint density at radius 3 is 2.64 bits per heavy atom. The Labute approximate surface area is 83.0 Å². The maximum atomic E-state index is 5.28. The molecule has 70 valence electrons. The molecule has 2 aromatic carbocycles. The third kappa shape index (κ3) is 1.55. The predicted molar refractivity (Wildman–Crippen MR) is 60.9 cm³/mol. The lowest BCUT2D eigenvalue weighted by Gasteiger charge is -2.05. The molecule has 0 atom stereocenters. The summed E-state index contributed by atoms with van der Waals surface area (Å²) < 4.78 is 0. The van der Waals surface area contributed by atoms with Crippen molar-refractivity contribution in [1.29, 1.82) is 0 Å². The minimum atomic E-state index is 1.07. The first-order valence-electron chi connectivity index (χ1n) is 4.53. The summed E-state index contributed by atoms with van der Waals surface area (Å²) in [5.41, 5.74) is 6.35. The minimum absolute atomic E-state index is 1.07. The molecule has 0 amide bonds. The summed E-state index contributed by atoms with van der Waals surface area (Å²) >= 11 is 0. The van der Waals surface area contributed by atoms with Crippen LogP contribution < -0.4 is 11.1 Å². The van der Waals surface area contributed by atoms with Crippen molar-refractivity contribution in [3.05, 3.63) is 54.9 Å². The smallest absolute Gasteiger partial charge is 0.0459 e. The van der Waals surface area contributed by atoms with Crippen molar-refractivity contribution in [3.8, 4) is 0 Å². The van der Waals surface area contributed by atoms with E-state index in [1.807, 2.05) is 24.3 Å². The van der Waals surface area contributed by atoms with Gasteiger partial charge in [0.05, 0.1) is 0 Å². The van der Waals surface area contributed by atoms with Crippen LogP contribution in [-0.2, 0) is 0 Å². The van der Waals surface area contributed by atoms with E-state index < -0.39 is 0 Å². The molecule has 2 nitrogen and oxygen atoms in total. The van der Waals surface area contributed by atoms with Crippen molar-refractivity contribution in [2.75, 3.05) is 5.32 Å². The van der Waals surface area contributed by atoms with Gasteiger partial charge in [-0.25, -0.2) is 0 Å². The Bertz CT molecular complexity index is 455. The highest BCUT2D eigenvalue weighted by molar-refractivity contribution is 5.94. The average Bonchev–Trinajstić information content (AvgIpc) is 2.26. The van der Waals surface area contributed by atoms with Crippen molar-refractivity contribution in [1.82, 2.24) is 0 Å². The van der Waals surface area contributed by atoms with Gasteiger partial charge in [0.1, 0.15) is 0 Å². The second-order valence-electron chi connectivity index (χ2n) is 3.03. The van der Waals surface area contributed by atoms with Crippen LogP contribution in [0.2, 0.25) is 0 Å². The maximum absolute atomic E-state index is 5.28. The van der Waals surface area contributed by atoms with Gasteiger partial charge in [0.2, 0.25) is 0 Å². The zero-order valence-electron chi connectivity index (χ0n) is 7.77. The van der Waals surface area contributed by atoms with E-state index in [1.54, 1.807) is 6.20 Å². The van der Waals surface area contributed by atoms with Crippen molar-refractivity contribution >= 4 is 16.5 Å². The number of nitrogens with one attached hydrogen (secondary N) is 1. The fraction of sp³-hybridized carbons (Fsp3) is 0. The summed E-state index contributed by atoms with van der Waals surface area (Å²) in [6, 6.07) is 14.4. The second-order valence-corrected chi connectivity index (χ2v) is 3.03. The molecule has 14 heavy (non-hydrogen) atoms. The lowest BCUT2D eigenvalue weighted by atomic mass is 10.1. The summed E-state index contributed by atoms with van der Waals surface area (Å²) in [6.45, 7) is 0. The van der Waals surface area contributed by atoms with Crippen LogP contribution >= 0.6 is 0 Å². The molecule has 0 aliphatic rings. The molecule has 0 radical (unpaired) electrons. The molecule has 0 fully saturated rings. The highest BCUT2D eigenvalue weighted by Gasteiger charge is 1.96. The summed E-state index contributed by atoms with van der Waals surface area (Å²) in [4.78, 5) is 0. The van der Waals surface area contributed by atoms with Gasteiger partial charge in [0.15, 0.2) is 0 Å². The SMILES string of the molecule is N/C=C/Nc1cccc2ccccc12. The van der Waals surface area contributed by atoms with Crippen molar-refractivity contribution in [2.45, 2.75) is 0 Å². The summed E-state index contributed by atoms with van der Waals surface area (Å²) in [6.07, 6.45) is 3.21. The molecule has 0 unspecified atom stereocenters. The molecule has 2 heteroatoms. The van der Waals surface area contributed by atoms with Gasteiger partial charge in [-0.15, -0.1) is 0 Å². The van der Waals surface area contributed by atoms with Gasteiger partial charge in [0.25, 0.3) is 0 Å². The highest BCUT2D eigenvalue weighted by atomic mass is 14.8. The Morgan fingerprint density at radius 1 is 1.00 bits per heavy atom. The second kappa shape index (κ2) is 3.83. The van der Waals surface area contributed by atoms with E-state index in [-0.39, 0.29) is 0 Å². The normalized spacial score (nSPS) is 10.9. The largest absolute Gasteiger partial charge is 0.403 e. The number of nitrogens with two attached hydrogens (primary N) is 1. The lowest BCUT2D eigenvalue weighted by molar-refractivity contribution is 1.53. The third-order valence-corrected chi connectivity index (χ3v) is 2.12. The fourth-order valence-electron chi connectivity index (χ4n) is 1.49. The van der Waals surface area contributed by atoms with E-state index in [1.165, 1.54) is 17.0 Å². The lowest BCUT2D eigenvalue weighted by Crippen LogP contribution is -1.90. The van der Waals surface area contributed by atoms with E-state index in [4.69, 9.17) is 5.73 Å². The van der Waals surface area contributed by atoms with Gasteiger partial charge in [0, 0.05) is 23.5 Å². The monoisotopic (exact) mass is 184 g/mol. The van der Waals surface area contributed by atoms with E-state index >= 15 is 0 Å². The standard InChI is InChI=1S/C12H12N2/c13-8-9-14-12-7-3-5-10-4-1-2-6-11(10)12/h1-9,14H,13H2/b9-8+. The van der Waals surface area contributed by atoms with Crippen LogP contribution in [0.5, 0.6) is 0 Å². The van der Waals surface area contributed by atoms with Crippen LogP contribution in [0.25, 0.3) is 10.8 Å². The number of anilines is 1. The zero-order chi connectivity index (χ0) is 9.80. The van der Waals surface area contributed by atoms with Gasteiger partial charge >= 0.3 is 0 Å². The zero-order valence-corrected chi connectivity index (χ0v) is 7.77. The Kier molecular flexibility index (Phi) is 2.36. The summed E-state index contributed by atoms with van der Waals surface area (Å²) in [7, 11) is 0. The quantitative estimate of drug-likeness (QED) is 0.753.